The van der Waals surface area contributed by atoms with Gasteiger partial charge in [-0.05, 0) is 12.8 Å². The number of likely N-dealkylation sites (tertiary alicyclic amines) is 1. The van der Waals surface area contributed by atoms with Crippen molar-refractivity contribution >= 4 is 17.8 Å². The smallest absolute Gasteiger partial charge is 0.322 e. The second-order valence-corrected chi connectivity index (χ2v) is 3.92. The Morgan fingerprint density at radius 2 is 2.12 bits per heavy atom. The molecule has 0 bridgehead atoms. The van der Waals surface area contributed by atoms with Crippen LogP contribution in [0.25, 0.3) is 0 Å². The molecule has 0 saturated carbocycles. The molecule has 0 aromatic rings. The van der Waals surface area contributed by atoms with Crippen LogP contribution >= 0.6 is 0 Å². The number of hydrogen-bond donors (Lipinski definition) is 2. The predicted molar refractivity (Wildman–Crippen MR) is 55.6 cm³/mol. The Labute approximate surface area is 93.6 Å². The van der Waals surface area contributed by atoms with Gasteiger partial charge in [0.15, 0.2) is 0 Å². The zero-order chi connectivity index (χ0) is 12.1. The molecule has 0 radical (unpaired) electrons. The number of rotatable bonds is 3. The van der Waals surface area contributed by atoms with Crippen LogP contribution < -0.4 is 5.32 Å². The topological polar surface area (TPSA) is 86.7 Å². The van der Waals surface area contributed by atoms with Crippen molar-refractivity contribution in [1.29, 1.82) is 0 Å². The Morgan fingerprint density at radius 3 is 2.69 bits per heavy atom. The molecule has 1 atom stereocenters. The molecule has 1 unspecified atom stereocenters. The van der Waals surface area contributed by atoms with Crippen LogP contribution in [0.3, 0.4) is 0 Å². The number of nitrogens with one attached hydrogen (secondary N) is 1. The van der Waals surface area contributed by atoms with Crippen LogP contribution in [0.2, 0.25) is 0 Å². The van der Waals surface area contributed by atoms with E-state index in [9.17, 15) is 14.4 Å². The maximum Gasteiger partial charge on any atom is 0.322 e. The van der Waals surface area contributed by atoms with Crippen molar-refractivity contribution in [3.8, 4) is 0 Å². The predicted octanol–water partition coefficient (Wildman–Crippen LogP) is -0.554. The molecule has 6 nitrogen and oxygen atoms in total. The van der Waals surface area contributed by atoms with Crippen molar-refractivity contribution in [3.05, 3.63) is 0 Å². The van der Waals surface area contributed by atoms with Gasteiger partial charge in [0.25, 0.3) is 0 Å². The molecule has 0 aromatic heterocycles. The minimum Gasteiger partial charge on any atom is -0.480 e. The van der Waals surface area contributed by atoms with Crippen LogP contribution in [0, 0.1) is 5.92 Å². The zero-order valence-electron chi connectivity index (χ0n) is 9.23. The molecule has 0 aliphatic carbocycles. The third kappa shape index (κ3) is 3.52. The maximum absolute atomic E-state index is 11.6. The molecular weight excluding hydrogens is 212 g/mol. The summed E-state index contributed by atoms with van der Waals surface area (Å²) in [6.45, 7) is 2.17. The minimum absolute atomic E-state index is 0.0456. The Hall–Kier alpha value is -1.59. The van der Waals surface area contributed by atoms with Crippen molar-refractivity contribution in [2.24, 2.45) is 5.92 Å². The van der Waals surface area contributed by atoms with Gasteiger partial charge in [-0.2, -0.15) is 0 Å². The SMILES string of the molecule is CC(=O)N1CCCC(C(=O)NCC(=O)O)C1. The first-order chi connectivity index (χ1) is 7.50. The van der Waals surface area contributed by atoms with E-state index in [-0.39, 0.29) is 24.3 Å². The number of carbonyl (C=O) groups is 3. The number of carboxylic acids is 1. The first-order valence-corrected chi connectivity index (χ1v) is 5.25. The third-order valence-electron chi connectivity index (χ3n) is 2.65. The maximum atomic E-state index is 11.6. The second kappa shape index (κ2) is 5.48. The molecule has 1 fully saturated rings. The molecule has 6 heteroatoms. The van der Waals surface area contributed by atoms with E-state index in [1.165, 1.54) is 6.92 Å². The summed E-state index contributed by atoms with van der Waals surface area (Å²) in [5.41, 5.74) is 0. The number of aliphatic carboxylic acids is 1. The first kappa shape index (κ1) is 12.5. The van der Waals surface area contributed by atoms with E-state index in [0.717, 1.165) is 6.42 Å². The molecule has 90 valence electrons. The number of piperidine rings is 1. The molecule has 2 amide bonds. The van der Waals surface area contributed by atoms with Crippen LogP contribution in [0.15, 0.2) is 0 Å². The molecule has 16 heavy (non-hydrogen) atoms. The highest BCUT2D eigenvalue weighted by Crippen LogP contribution is 2.16. The van der Waals surface area contributed by atoms with Gasteiger partial charge < -0.3 is 15.3 Å². The highest BCUT2D eigenvalue weighted by Gasteiger charge is 2.26. The van der Waals surface area contributed by atoms with Crippen molar-refractivity contribution in [1.82, 2.24) is 10.2 Å². The molecule has 1 saturated heterocycles. The summed E-state index contributed by atoms with van der Waals surface area (Å²) in [6, 6.07) is 0. The molecule has 1 aliphatic rings. The van der Waals surface area contributed by atoms with Crippen molar-refractivity contribution in [3.63, 3.8) is 0 Å². The fourth-order valence-electron chi connectivity index (χ4n) is 1.78. The molecule has 1 heterocycles. The lowest BCUT2D eigenvalue weighted by Crippen LogP contribution is -2.45. The van der Waals surface area contributed by atoms with Gasteiger partial charge in [0.1, 0.15) is 6.54 Å². The monoisotopic (exact) mass is 228 g/mol. The Balaban J connectivity index is 2.43. The van der Waals surface area contributed by atoms with Crippen LogP contribution in [0.4, 0.5) is 0 Å². The van der Waals surface area contributed by atoms with Crippen LogP contribution in [0.1, 0.15) is 19.8 Å². The molecule has 2 N–H and O–H groups in total. The lowest BCUT2D eigenvalue weighted by molar-refractivity contribution is -0.140. The van der Waals surface area contributed by atoms with Gasteiger partial charge in [-0.15, -0.1) is 0 Å². The van der Waals surface area contributed by atoms with Gasteiger partial charge in [0.2, 0.25) is 11.8 Å². The normalized spacial score (nSPS) is 20.3. The van der Waals surface area contributed by atoms with Crippen molar-refractivity contribution in [2.45, 2.75) is 19.8 Å². The third-order valence-corrected chi connectivity index (χ3v) is 2.65. The van der Waals surface area contributed by atoms with Crippen LogP contribution in [0.5, 0.6) is 0 Å². The number of nitrogens with zero attached hydrogens (tertiary/aromatic N) is 1. The average molecular weight is 228 g/mol. The summed E-state index contributed by atoms with van der Waals surface area (Å²) in [4.78, 5) is 34.6. The van der Waals surface area contributed by atoms with Crippen molar-refractivity contribution in [2.75, 3.05) is 19.6 Å². The van der Waals surface area contributed by atoms with Gasteiger partial charge in [0.05, 0.1) is 5.92 Å². The summed E-state index contributed by atoms with van der Waals surface area (Å²) in [7, 11) is 0. The minimum atomic E-state index is -1.06. The van der Waals surface area contributed by atoms with E-state index in [1.807, 2.05) is 0 Å². The van der Waals surface area contributed by atoms with Crippen molar-refractivity contribution < 1.29 is 19.5 Å². The Bertz CT molecular complexity index is 303. The summed E-state index contributed by atoms with van der Waals surface area (Å²) in [5, 5.41) is 10.8. The molecule has 1 rings (SSSR count). The van der Waals surface area contributed by atoms with Gasteiger partial charge in [0, 0.05) is 20.0 Å². The highest BCUT2D eigenvalue weighted by atomic mass is 16.4. The van der Waals surface area contributed by atoms with Gasteiger partial charge in [-0.1, -0.05) is 0 Å². The lowest BCUT2D eigenvalue weighted by Gasteiger charge is -2.31. The number of amides is 2. The van der Waals surface area contributed by atoms with Gasteiger partial charge >= 0.3 is 5.97 Å². The number of carboxylic acid groups (broad SMARTS) is 1. The summed E-state index contributed by atoms with van der Waals surface area (Å²) >= 11 is 0. The molecule has 0 aromatic carbocycles. The molecule has 0 spiro atoms. The van der Waals surface area contributed by atoms with E-state index in [4.69, 9.17) is 5.11 Å². The highest BCUT2D eigenvalue weighted by molar-refractivity contribution is 5.83. The standard InChI is InChI=1S/C10H16N2O4/c1-7(13)12-4-2-3-8(6-12)10(16)11-5-9(14)15/h8H,2-6H2,1H3,(H,11,16)(H,14,15). The lowest BCUT2D eigenvalue weighted by atomic mass is 9.97. The van der Waals surface area contributed by atoms with E-state index < -0.39 is 5.97 Å². The quantitative estimate of drug-likeness (QED) is 0.678. The number of hydrogen-bond acceptors (Lipinski definition) is 3. The van der Waals surface area contributed by atoms with E-state index in [2.05, 4.69) is 5.32 Å². The van der Waals surface area contributed by atoms with Crippen LogP contribution in [-0.2, 0) is 14.4 Å². The second-order valence-electron chi connectivity index (χ2n) is 3.92. The largest absolute Gasteiger partial charge is 0.480 e. The Kier molecular flexibility index (Phi) is 4.28. The summed E-state index contributed by atoms with van der Waals surface area (Å²) < 4.78 is 0. The number of carbonyl (C=O) groups excluding carboxylic acids is 2. The molecule has 1 aliphatic heterocycles. The fourth-order valence-corrected chi connectivity index (χ4v) is 1.78. The molecular formula is C10H16N2O4. The average Bonchev–Trinajstić information content (AvgIpc) is 2.26. The summed E-state index contributed by atoms with van der Waals surface area (Å²) in [5.74, 6) is -1.67. The fraction of sp³-hybridized carbons (Fsp3) is 0.700. The van der Waals surface area contributed by atoms with Gasteiger partial charge in [-0.3, -0.25) is 14.4 Å². The first-order valence-electron chi connectivity index (χ1n) is 5.25. The van der Waals surface area contributed by atoms with E-state index in [1.54, 1.807) is 4.90 Å². The van der Waals surface area contributed by atoms with E-state index >= 15 is 0 Å². The van der Waals surface area contributed by atoms with E-state index in [0.29, 0.717) is 19.5 Å². The Morgan fingerprint density at radius 1 is 1.44 bits per heavy atom. The van der Waals surface area contributed by atoms with Gasteiger partial charge in [-0.25, -0.2) is 0 Å². The van der Waals surface area contributed by atoms with Crippen LogP contribution in [-0.4, -0.2) is 47.4 Å². The zero-order valence-corrected chi connectivity index (χ0v) is 9.23. The summed E-state index contributed by atoms with van der Waals surface area (Å²) in [6.07, 6.45) is 1.49.